The van der Waals surface area contributed by atoms with E-state index in [2.05, 4.69) is 73.6 Å². The third-order valence-electron chi connectivity index (χ3n) is 3.70. The minimum Gasteiger partial charge on any atom is -0.312 e. The van der Waals surface area contributed by atoms with E-state index in [-0.39, 0.29) is 0 Å². The Labute approximate surface area is 122 Å². The van der Waals surface area contributed by atoms with Crippen LogP contribution in [-0.4, -0.2) is 32.1 Å². The number of hydrogen-bond donors (Lipinski definition) is 1. The van der Waals surface area contributed by atoms with Crippen molar-refractivity contribution in [2.24, 2.45) is 5.92 Å². The Morgan fingerprint density at radius 3 is 2.35 bits per heavy atom. The fourth-order valence-electron chi connectivity index (χ4n) is 2.80. The molecule has 0 bridgehead atoms. The Bertz CT molecular complexity index is 548. The van der Waals surface area contributed by atoms with Crippen LogP contribution in [-0.2, 0) is 0 Å². The van der Waals surface area contributed by atoms with Crippen molar-refractivity contribution in [3.8, 4) is 0 Å². The van der Waals surface area contributed by atoms with E-state index in [4.69, 9.17) is 0 Å². The van der Waals surface area contributed by atoms with Gasteiger partial charge in [0, 0.05) is 19.1 Å². The molecule has 2 rings (SSSR count). The summed E-state index contributed by atoms with van der Waals surface area (Å²) in [6, 6.07) is 15.7. The monoisotopic (exact) mass is 270 g/mol. The molecule has 0 radical (unpaired) electrons. The van der Waals surface area contributed by atoms with E-state index >= 15 is 0 Å². The highest BCUT2D eigenvalue weighted by Crippen LogP contribution is 2.21. The maximum atomic E-state index is 3.45. The van der Waals surface area contributed by atoms with Gasteiger partial charge in [-0.3, -0.25) is 0 Å². The van der Waals surface area contributed by atoms with E-state index in [1.807, 2.05) is 7.05 Å². The predicted octanol–water partition coefficient (Wildman–Crippen LogP) is 3.69. The second kappa shape index (κ2) is 6.87. The molecule has 1 N–H and O–H groups in total. The van der Waals surface area contributed by atoms with Crippen LogP contribution in [0.4, 0.5) is 0 Å². The van der Waals surface area contributed by atoms with Crippen LogP contribution in [0.15, 0.2) is 42.5 Å². The predicted molar refractivity (Wildman–Crippen MR) is 88.1 cm³/mol. The number of fused-ring (bicyclic) bond motifs is 1. The Kier molecular flexibility index (Phi) is 5.16. The lowest BCUT2D eigenvalue weighted by Crippen LogP contribution is -2.33. The molecule has 0 aliphatic heterocycles. The molecule has 0 aromatic heterocycles. The molecule has 0 saturated heterocycles. The highest BCUT2D eigenvalue weighted by atomic mass is 15.1. The van der Waals surface area contributed by atoms with Crippen LogP contribution in [0.2, 0.25) is 0 Å². The Hall–Kier alpha value is -1.38. The largest absolute Gasteiger partial charge is 0.312 e. The van der Waals surface area contributed by atoms with Gasteiger partial charge in [0.25, 0.3) is 0 Å². The summed E-state index contributed by atoms with van der Waals surface area (Å²) in [5.74, 6) is 0.703. The molecule has 0 fully saturated rings. The SMILES string of the molecule is CNC(CN(C)CC(C)C)c1ccc2ccccc2c1. The fraction of sp³-hybridized carbons (Fsp3) is 0.444. The van der Waals surface area contributed by atoms with Crippen molar-refractivity contribution in [3.05, 3.63) is 48.0 Å². The summed E-state index contributed by atoms with van der Waals surface area (Å²) in [4.78, 5) is 2.40. The van der Waals surface area contributed by atoms with Crippen LogP contribution < -0.4 is 5.32 Å². The van der Waals surface area contributed by atoms with Gasteiger partial charge in [0.15, 0.2) is 0 Å². The molecule has 20 heavy (non-hydrogen) atoms. The summed E-state index contributed by atoms with van der Waals surface area (Å²) in [6.45, 7) is 6.70. The summed E-state index contributed by atoms with van der Waals surface area (Å²) in [5, 5.41) is 6.07. The first-order valence-corrected chi connectivity index (χ1v) is 7.44. The molecule has 0 heterocycles. The van der Waals surface area contributed by atoms with Crippen LogP contribution >= 0.6 is 0 Å². The first kappa shape index (κ1) is 15.0. The molecule has 2 aromatic rings. The molecule has 1 atom stereocenters. The first-order chi connectivity index (χ1) is 9.60. The Morgan fingerprint density at radius 2 is 1.70 bits per heavy atom. The van der Waals surface area contributed by atoms with Crippen molar-refractivity contribution in [3.63, 3.8) is 0 Å². The lowest BCUT2D eigenvalue weighted by Gasteiger charge is -2.25. The third kappa shape index (κ3) is 3.81. The second-order valence-corrected chi connectivity index (χ2v) is 6.06. The van der Waals surface area contributed by atoms with E-state index in [9.17, 15) is 0 Å². The van der Waals surface area contributed by atoms with Crippen molar-refractivity contribution < 1.29 is 0 Å². The van der Waals surface area contributed by atoms with E-state index < -0.39 is 0 Å². The molecule has 2 nitrogen and oxygen atoms in total. The Morgan fingerprint density at radius 1 is 1.00 bits per heavy atom. The molecule has 2 aromatic carbocycles. The van der Waals surface area contributed by atoms with Gasteiger partial charge in [-0.05, 0) is 42.4 Å². The molecule has 0 aliphatic rings. The number of hydrogen-bond acceptors (Lipinski definition) is 2. The van der Waals surface area contributed by atoms with Gasteiger partial charge in [0.2, 0.25) is 0 Å². The Balaban J connectivity index is 2.16. The minimum atomic E-state index is 0.378. The van der Waals surface area contributed by atoms with Crippen LogP contribution in [0.3, 0.4) is 0 Å². The average Bonchev–Trinajstić information content (AvgIpc) is 2.43. The van der Waals surface area contributed by atoms with E-state index in [1.54, 1.807) is 0 Å². The highest BCUT2D eigenvalue weighted by molar-refractivity contribution is 5.83. The molecule has 2 heteroatoms. The summed E-state index contributed by atoms with van der Waals surface area (Å²) in [5.41, 5.74) is 1.36. The topological polar surface area (TPSA) is 15.3 Å². The van der Waals surface area contributed by atoms with Gasteiger partial charge in [-0.25, -0.2) is 0 Å². The number of benzene rings is 2. The molecule has 0 aliphatic carbocycles. The van der Waals surface area contributed by atoms with Crippen LogP contribution in [0, 0.1) is 5.92 Å². The van der Waals surface area contributed by atoms with Crippen molar-refractivity contribution in [2.75, 3.05) is 27.2 Å². The maximum absolute atomic E-state index is 3.45. The second-order valence-electron chi connectivity index (χ2n) is 6.06. The summed E-state index contributed by atoms with van der Waals surface area (Å²) >= 11 is 0. The zero-order chi connectivity index (χ0) is 14.5. The number of nitrogens with one attached hydrogen (secondary N) is 1. The van der Waals surface area contributed by atoms with E-state index in [1.165, 1.54) is 16.3 Å². The van der Waals surface area contributed by atoms with Gasteiger partial charge in [-0.1, -0.05) is 50.2 Å². The van der Waals surface area contributed by atoms with Gasteiger partial charge >= 0.3 is 0 Å². The third-order valence-corrected chi connectivity index (χ3v) is 3.70. The van der Waals surface area contributed by atoms with Gasteiger partial charge in [-0.2, -0.15) is 0 Å². The zero-order valence-electron chi connectivity index (χ0n) is 13.1. The van der Waals surface area contributed by atoms with Crippen LogP contribution in [0.25, 0.3) is 10.8 Å². The lowest BCUT2D eigenvalue weighted by atomic mass is 10.0. The van der Waals surface area contributed by atoms with Crippen molar-refractivity contribution in [1.82, 2.24) is 10.2 Å². The summed E-state index contributed by atoms with van der Waals surface area (Å²) < 4.78 is 0. The smallest absolute Gasteiger partial charge is 0.0446 e. The first-order valence-electron chi connectivity index (χ1n) is 7.44. The van der Waals surface area contributed by atoms with Gasteiger partial charge in [0.05, 0.1) is 0 Å². The summed E-state index contributed by atoms with van der Waals surface area (Å²) in [6.07, 6.45) is 0. The van der Waals surface area contributed by atoms with Gasteiger partial charge in [0.1, 0.15) is 0 Å². The highest BCUT2D eigenvalue weighted by Gasteiger charge is 2.13. The van der Waals surface area contributed by atoms with Gasteiger partial charge in [-0.15, -0.1) is 0 Å². The fourth-order valence-corrected chi connectivity index (χ4v) is 2.80. The minimum absolute atomic E-state index is 0.378. The lowest BCUT2D eigenvalue weighted by molar-refractivity contribution is 0.267. The van der Waals surface area contributed by atoms with Crippen LogP contribution in [0.1, 0.15) is 25.5 Å². The normalized spacial score (nSPS) is 13.3. The summed E-state index contributed by atoms with van der Waals surface area (Å²) in [7, 11) is 4.24. The average molecular weight is 270 g/mol. The number of likely N-dealkylation sites (N-methyl/N-ethyl adjacent to an activating group) is 2. The molecular weight excluding hydrogens is 244 g/mol. The van der Waals surface area contributed by atoms with E-state index in [0.29, 0.717) is 12.0 Å². The molecule has 108 valence electrons. The van der Waals surface area contributed by atoms with Crippen LogP contribution in [0.5, 0.6) is 0 Å². The molecule has 0 saturated carbocycles. The van der Waals surface area contributed by atoms with Gasteiger partial charge < -0.3 is 10.2 Å². The number of nitrogens with zero attached hydrogens (tertiary/aromatic N) is 1. The van der Waals surface area contributed by atoms with Crippen molar-refractivity contribution >= 4 is 10.8 Å². The standard InChI is InChI=1S/C18H26N2/c1-14(2)12-20(4)13-18(19-3)17-10-9-15-7-5-6-8-16(15)11-17/h5-11,14,18-19H,12-13H2,1-4H3. The molecular formula is C18H26N2. The molecule has 0 spiro atoms. The molecule has 1 unspecified atom stereocenters. The van der Waals surface area contributed by atoms with E-state index in [0.717, 1.165) is 13.1 Å². The number of rotatable bonds is 6. The maximum Gasteiger partial charge on any atom is 0.0446 e. The quantitative estimate of drug-likeness (QED) is 0.861. The van der Waals surface area contributed by atoms with Crippen molar-refractivity contribution in [2.45, 2.75) is 19.9 Å². The van der Waals surface area contributed by atoms with Crippen molar-refractivity contribution in [1.29, 1.82) is 0 Å². The molecule has 0 amide bonds. The zero-order valence-corrected chi connectivity index (χ0v) is 13.1.